The number of carbonyl (C=O) groups excluding carboxylic acids is 1. The minimum Gasteiger partial charge on any atom is -0.411 e. The number of ketones is 1. The second kappa shape index (κ2) is 3.35. The van der Waals surface area contributed by atoms with E-state index in [-0.39, 0.29) is 29.5 Å². The van der Waals surface area contributed by atoms with Gasteiger partial charge in [-0.2, -0.15) is 0 Å². The third kappa shape index (κ3) is 1.06. The van der Waals surface area contributed by atoms with Crippen molar-refractivity contribution >= 4 is 11.5 Å². The number of fused-ring (bicyclic) bond motifs is 4. The Hall–Kier alpha value is -0.900. The van der Waals surface area contributed by atoms with Gasteiger partial charge in [-0.1, -0.05) is 5.16 Å². The Balaban J connectivity index is 1.77. The molecule has 4 bridgehead atoms. The van der Waals surface area contributed by atoms with E-state index in [9.17, 15) is 15.1 Å². The summed E-state index contributed by atoms with van der Waals surface area (Å²) in [4.78, 5) is 12.4. The van der Waals surface area contributed by atoms with Crippen LogP contribution in [0.3, 0.4) is 0 Å². The van der Waals surface area contributed by atoms with E-state index in [1.165, 1.54) is 0 Å². The Labute approximate surface area is 106 Å². The van der Waals surface area contributed by atoms with Crippen molar-refractivity contribution in [3.05, 3.63) is 0 Å². The maximum Gasteiger partial charge on any atom is 0.142 e. The molecule has 0 aromatic rings. The highest BCUT2D eigenvalue weighted by Crippen LogP contribution is 2.59. The van der Waals surface area contributed by atoms with E-state index in [0.717, 1.165) is 38.5 Å². The van der Waals surface area contributed by atoms with E-state index in [1.54, 1.807) is 0 Å². The highest BCUT2D eigenvalue weighted by atomic mass is 16.4. The van der Waals surface area contributed by atoms with Crippen LogP contribution in [-0.4, -0.2) is 27.4 Å². The number of oxime groups is 1. The average Bonchev–Trinajstić information content (AvgIpc) is 3.06. The van der Waals surface area contributed by atoms with Crippen LogP contribution in [-0.2, 0) is 4.79 Å². The number of carbonyl (C=O) groups is 1. The molecule has 6 atom stereocenters. The van der Waals surface area contributed by atoms with Crippen molar-refractivity contribution in [1.29, 1.82) is 0 Å². The highest BCUT2D eigenvalue weighted by Gasteiger charge is 2.66. The molecular formula is C14H19NO3. The normalized spacial score (nSPS) is 55.9. The lowest BCUT2D eigenvalue weighted by atomic mass is 9.67. The van der Waals surface area contributed by atoms with E-state index in [0.29, 0.717) is 11.6 Å². The predicted molar refractivity (Wildman–Crippen MR) is 64.3 cm³/mol. The van der Waals surface area contributed by atoms with Crippen molar-refractivity contribution in [2.45, 2.75) is 44.1 Å². The topological polar surface area (TPSA) is 69.9 Å². The van der Waals surface area contributed by atoms with E-state index >= 15 is 0 Å². The molecule has 0 heterocycles. The molecule has 0 aliphatic heterocycles. The van der Waals surface area contributed by atoms with Crippen LogP contribution in [0.2, 0.25) is 0 Å². The molecule has 4 rings (SSSR count). The summed E-state index contributed by atoms with van der Waals surface area (Å²) in [6, 6.07) is 0. The summed E-state index contributed by atoms with van der Waals surface area (Å²) in [5, 5.41) is 23.8. The summed E-state index contributed by atoms with van der Waals surface area (Å²) in [7, 11) is 0. The molecule has 0 spiro atoms. The fraction of sp³-hybridized carbons (Fsp3) is 0.857. The van der Waals surface area contributed by atoms with Gasteiger partial charge in [0.05, 0.1) is 11.6 Å². The van der Waals surface area contributed by atoms with Crippen molar-refractivity contribution in [2.75, 3.05) is 0 Å². The number of nitrogens with zero attached hydrogens (tertiary/aromatic N) is 1. The van der Waals surface area contributed by atoms with Crippen molar-refractivity contribution in [2.24, 2.45) is 34.7 Å². The Bertz CT molecular complexity index is 446. The Morgan fingerprint density at radius 1 is 1.11 bits per heavy atom. The first-order valence-electron chi connectivity index (χ1n) is 7.14. The first kappa shape index (κ1) is 11.0. The molecule has 4 fully saturated rings. The number of Topliss-reactive ketones (excluding diaryl/α,β-unsaturated/α-hetero) is 1. The van der Waals surface area contributed by atoms with E-state index in [1.807, 2.05) is 0 Å². The summed E-state index contributed by atoms with van der Waals surface area (Å²) in [5.41, 5.74) is -0.598. The summed E-state index contributed by atoms with van der Waals surface area (Å²) in [5.74, 6) is 0.797. The average molecular weight is 249 g/mol. The second-order valence-electron chi connectivity index (χ2n) is 6.67. The quantitative estimate of drug-likeness (QED) is 0.547. The molecule has 4 heteroatoms. The second-order valence-corrected chi connectivity index (χ2v) is 6.67. The van der Waals surface area contributed by atoms with Crippen molar-refractivity contribution in [3.8, 4) is 0 Å². The van der Waals surface area contributed by atoms with Gasteiger partial charge in [0.1, 0.15) is 11.4 Å². The fourth-order valence-electron chi connectivity index (χ4n) is 5.38. The lowest BCUT2D eigenvalue weighted by Crippen LogP contribution is -2.54. The zero-order valence-corrected chi connectivity index (χ0v) is 10.4. The van der Waals surface area contributed by atoms with E-state index < -0.39 is 5.60 Å². The maximum atomic E-state index is 12.4. The van der Waals surface area contributed by atoms with Crippen LogP contribution in [0.15, 0.2) is 5.16 Å². The van der Waals surface area contributed by atoms with Crippen LogP contribution in [0.4, 0.5) is 0 Å². The third-order valence-corrected chi connectivity index (χ3v) is 6.09. The van der Waals surface area contributed by atoms with Crippen LogP contribution in [0.5, 0.6) is 0 Å². The van der Waals surface area contributed by atoms with Crippen LogP contribution in [0.1, 0.15) is 38.5 Å². The minimum atomic E-state index is -1.12. The first-order valence-corrected chi connectivity index (χ1v) is 7.14. The molecule has 0 unspecified atom stereocenters. The van der Waals surface area contributed by atoms with Crippen LogP contribution in [0, 0.1) is 29.6 Å². The molecule has 4 saturated carbocycles. The third-order valence-electron chi connectivity index (χ3n) is 6.09. The number of hydrogen-bond donors (Lipinski definition) is 2. The molecule has 4 aliphatic rings. The zero-order chi connectivity index (χ0) is 12.5. The van der Waals surface area contributed by atoms with Gasteiger partial charge in [-0.3, -0.25) is 4.79 Å². The SMILES string of the molecule is O=C1[C@H]2CC[C@@H](C2)[C@H]1[C@@]1(O)/C(=N\O)[C@H]2CC[C@H]1C2. The van der Waals surface area contributed by atoms with Gasteiger partial charge >= 0.3 is 0 Å². The minimum absolute atomic E-state index is 0.140. The van der Waals surface area contributed by atoms with Gasteiger partial charge in [-0.05, 0) is 50.4 Å². The standard InChI is InChI=1S/C14H19NO3/c16-12-8-2-1-7(5-8)11(12)14(17)10-4-3-9(6-10)13(14)15-18/h7-11,17-18H,1-6H2/b15-13-/t7-,8-,9-,10-,11+,14+/m0/s1. The van der Waals surface area contributed by atoms with Crippen LogP contribution < -0.4 is 0 Å². The summed E-state index contributed by atoms with van der Waals surface area (Å²) < 4.78 is 0. The Kier molecular flexibility index (Phi) is 2.04. The van der Waals surface area contributed by atoms with Gasteiger partial charge in [0.25, 0.3) is 0 Å². The summed E-state index contributed by atoms with van der Waals surface area (Å²) >= 11 is 0. The molecule has 0 saturated heterocycles. The first-order chi connectivity index (χ1) is 8.66. The molecule has 98 valence electrons. The highest BCUT2D eigenvalue weighted by molar-refractivity contribution is 6.03. The van der Waals surface area contributed by atoms with Gasteiger partial charge in [-0.25, -0.2) is 0 Å². The Morgan fingerprint density at radius 2 is 1.89 bits per heavy atom. The van der Waals surface area contributed by atoms with Crippen molar-refractivity contribution in [1.82, 2.24) is 0 Å². The van der Waals surface area contributed by atoms with Gasteiger partial charge < -0.3 is 10.3 Å². The van der Waals surface area contributed by atoms with Crippen molar-refractivity contribution in [3.63, 3.8) is 0 Å². The predicted octanol–water partition coefficient (Wildman–Crippen LogP) is 1.59. The summed E-state index contributed by atoms with van der Waals surface area (Å²) in [6.45, 7) is 0. The number of hydrogen-bond acceptors (Lipinski definition) is 4. The van der Waals surface area contributed by atoms with Crippen LogP contribution >= 0.6 is 0 Å². The fourth-order valence-corrected chi connectivity index (χ4v) is 5.38. The summed E-state index contributed by atoms with van der Waals surface area (Å²) in [6.07, 6.45) is 5.87. The maximum absolute atomic E-state index is 12.4. The molecule has 0 amide bonds. The molecule has 0 aromatic heterocycles. The lowest BCUT2D eigenvalue weighted by molar-refractivity contribution is -0.134. The van der Waals surface area contributed by atoms with Gasteiger partial charge in [-0.15, -0.1) is 0 Å². The molecule has 4 aliphatic carbocycles. The van der Waals surface area contributed by atoms with Gasteiger partial charge in [0.2, 0.25) is 0 Å². The largest absolute Gasteiger partial charge is 0.411 e. The lowest BCUT2D eigenvalue weighted by Gasteiger charge is -2.40. The van der Waals surface area contributed by atoms with Gasteiger partial charge in [0, 0.05) is 11.8 Å². The van der Waals surface area contributed by atoms with E-state index in [4.69, 9.17) is 0 Å². The number of rotatable bonds is 1. The molecule has 2 N–H and O–H groups in total. The monoisotopic (exact) mass is 249 g/mol. The molecular weight excluding hydrogens is 230 g/mol. The molecule has 18 heavy (non-hydrogen) atoms. The van der Waals surface area contributed by atoms with Crippen molar-refractivity contribution < 1.29 is 15.1 Å². The molecule has 0 aromatic carbocycles. The zero-order valence-electron chi connectivity index (χ0n) is 10.4. The Morgan fingerprint density at radius 3 is 2.56 bits per heavy atom. The van der Waals surface area contributed by atoms with Crippen LogP contribution in [0.25, 0.3) is 0 Å². The van der Waals surface area contributed by atoms with Gasteiger partial charge in [0.15, 0.2) is 0 Å². The molecule has 4 nitrogen and oxygen atoms in total. The van der Waals surface area contributed by atoms with E-state index in [2.05, 4.69) is 5.16 Å². The smallest absolute Gasteiger partial charge is 0.142 e. The number of aliphatic hydroxyl groups is 1. The molecule has 0 radical (unpaired) electrons.